The van der Waals surface area contributed by atoms with Gasteiger partial charge in [0.05, 0.1) is 25.3 Å². The third-order valence-electron chi connectivity index (χ3n) is 4.23. The number of hydrogen-bond donors (Lipinski definition) is 3. The van der Waals surface area contributed by atoms with Crippen LogP contribution in [0.2, 0.25) is 0 Å². The van der Waals surface area contributed by atoms with E-state index in [0.717, 1.165) is 5.75 Å². The van der Waals surface area contributed by atoms with Crippen LogP contribution in [0.4, 0.5) is 4.79 Å². The number of rotatable bonds is 5. The summed E-state index contributed by atoms with van der Waals surface area (Å²) in [4.78, 5) is 13.5. The Morgan fingerprint density at radius 3 is 2.58 bits per heavy atom. The van der Waals surface area contributed by atoms with Crippen LogP contribution in [0, 0.1) is 0 Å². The predicted octanol–water partition coefficient (Wildman–Crippen LogP) is 1.50. The van der Waals surface area contributed by atoms with Gasteiger partial charge in [-0.25, -0.2) is 4.79 Å². The summed E-state index contributed by atoms with van der Waals surface area (Å²) in [5, 5.41) is 21.6. The van der Waals surface area contributed by atoms with Crippen LogP contribution in [0.15, 0.2) is 24.3 Å². The number of likely N-dealkylation sites (tertiary alicyclic amines) is 1. The molecule has 1 fully saturated rings. The van der Waals surface area contributed by atoms with Gasteiger partial charge < -0.3 is 25.2 Å². The minimum Gasteiger partial charge on any atom is -0.492 e. The lowest BCUT2D eigenvalue weighted by Crippen LogP contribution is -2.45. The van der Waals surface area contributed by atoms with Gasteiger partial charge in [-0.2, -0.15) is 0 Å². The molecule has 0 aliphatic carbocycles. The van der Waals surface area contributed by atoms with Crippen LogP contribution >= 0.6 is 0 Å². The molecule has 0 saturated carbocycles. The summed E-state index contributed by atoms with van der Waals surface area (Å²) in [6.07, 6.45) is -0.147. The number of ether oxygens (including phenoxy) is 1. The zero-order chi connectivity index (χ0) is 17.7. The highest BCUT2D eigenvalue weighted by atomic mass is 16.5. The van der Waals surface area contributed by atoms with Gasteiger partial charge in [-0.05, 0) is 29.5 Å². The number of nitrogens with zero attached hydrogens (tertiary/aromatic N) is 1. The Hall–Kier alpha value is -1.79. The van der Waals surface area contributed by atoms with Crippen molar-refractivity contribution in [2.24, 2.45) is 0 Å². The highest BCUT2D eigenvalue weighted by Gasteiger charge is 2.33. The largest absolute Gasteiger partial charge is 0.492 e. The Balaban J connectivity index is 1.74. The first-order chi connectivity index (χ1) is 11.3. The van der Waals surface area contributed by atoms with Gasteiger partial charge in [-0.3, -0.25) is 0 Å². The van der Waals surface area contributed by atoms with E-state index in [1.54, 1.807) is 0 Å². The van der Waals surface area contributed by atoms with Gasteiger partial charge >= 0.3 is 6.03 Å². The van der Waals surface area contributed by atoms with Crippen molar-refractivity contribution in [1.82, 2.24) is 10.2 Å². The second-order valence-corrected chi connectivity index (χ2v) is 7.23. The van der Waals surface area contributed by atoms with Crippen LogP contribution < -0.4 is 10.1 Å². The van der Waals surface area contributed by atoms with Gasteiger partial charge in [0.1, 0.15) is 12.4 Å². The average molecular weight is 336 g/mol. The summed E-state index contributed by atoms with van der Waals surface area (Å²) in [7, 11) is 0. The molecule has 0 radical (unpaired) electrons. The normalized spacial score (nSPS) is 21.0. The number of hydrogen-bond acceptors (Lipinski definition) is 4. The standard InChI is InChI=1S/C18H28N2O4/c1-18(2,3)13-4-6-16(7-5-13)24-9-8-19-17(23)20-11-15(22)10-14(20)12-21/h4-7,14-15,21-22H,8-12H2,1-3H3,(H,19,23)/t14-,15-/m0/s1. The third-order valence-corrected chi connectivity index (χ3v) is 4.23. The molecule has 24 heavy (non-hydrogen) atoms. The van der Waals surface area contributed by atoms with Crippen molar-refractivity contribution in [3.8, 4) is 5.75 Å². The maximum atomic E-state index is 12.1. The molecule has 1 aromatic carbocycles. The van der Waals surface area contributed by atoms with Crippen LogP contribution in [0.3, 0.4) is 0 Å². The number of aliphatic hydroxyl groups excluding tert-OH is 2. The van der Waals surface area contributed by atoms with Gasteiger partial charge in [0.25, 0.3) is 0 Å². The predicted molar refractivity (Wildman–Crippen MR) is 92.2 cm³/mol. The molecule has 0 spiro atoms. The molecule has 6 heteroatoms. The number of urea groups is 1. The van der Waals surface area contributed by atoms with Crippen LogP contribution in [0.5, 0.6) is 5.75 Å². The number of β-amino-alcohol motifs (C(OH)–C–C–N with tert-alkyl or cyclic N) is 1. The number of benzene rings is 1. The van der Waals surface area contributed by atoms with E-state index in [1.165, 1.54) is 10.5 Å². The lowest BCUT2D eigenvalue weighted by molar-refractivity contribution is 0.153. The molecule has 0 aromatic heterocycles. The molecule has 2 atom stereocenters. The molecule has 6 nitrogen and oxygen atoms in total. The Kier molecular flexibility index (Phi) is 6.07. The SMILES string of the molecule is CC(C)(C)c1ccc(OCCNC(=O)N2C[C@@H](O)C[C@H]2CO)cc1. The highest BCUT2D eigenvalue weighted by Crippen LogP contribution is 2.24. The van der Waals surface area contributed by atoms with Crippen LogP contribution in [-0.2, 0) is 5.41 Å². The number of amides is 2. The third kappa shape index (κ3) is 4.85. The minimum absolute atomic E-state index is 0.107. The molecular weight excluding hydrogens is 308 g/mol. The maximum absolute atomic E-state index is 12.1. The Labute approximate surface area is 143 Å². The Bertz CT molecular complexity index is 539. The zero-order valence-electron chi connectivity index (χ0n) is 14.7. The van der Waals surface area contributed by atoms with E-state index in [-0.39, 0.29) is 30.6 Å². The molecule has 1 heterocycles. The summed E-state index contributed by atoms with van der Waals surface area (Å²) in [5.41, 5.74) is 1.35. The fourth-order valence-electron chi connectivity index (χ4n) is 2.79. The van der Waals surface area contributed by atoms with Crippen molar-refractivity contribution in [3.63, 3.8) is 0 Å². The molecule has 1 aliphatic heterocycles. The fourth-order valence-corrected chi connectivity index (χ4v) is 2.79. The van der Waals surface area contributed by atoms with Gasteiger partial charge in [0.15, 0.2) is 0 Å². The molecule has 134 valence electrons. The molecule has 3 N–H and O–H groups in total. The highest BCUT2D eigenvalue weighted by molar-refractivity contribution is 5.75. The van der Waals surface area contributed by atoms with Gasteiger partial charge in [-0.15, -0.1) is 0 Å². The molecule has 1 aromatic rings. The van der Waals surface area contributed by atoms with Crippen molar-refractivity contribution >= 4 is 6.03 Å². The summed E-state index contributed by atoms with van der Waals surface area (Å²) in [6.45, 7) is 7.33. The summed E-state index contributed by atoms with van der Waals surface area (Å²) >= 11 is 0. The first-order valence-corrected chi connectivity index (χ1v) is 8.38. The quantitative estimate of drug-likeness (QED) is 0.712. The van der Waals surface area contributed by atoms with Gasteiger partial charge in [0, 0.05) is 6.54 Å². The van der Waals surface area contributed by atoms with E-state index >= 15 is 0 Å². The molecule has 2 rings (SSSR count). The lowest BCUT2D eigenvalue weighted by atomic mass is 9.87. The average Bonchev–Trinajstić information content (AvgIpc) is 2.92. The summed E-state index contributed by atoms with van der Waals surface area (Å²) < 4.78 is 5.63. The maximum Gasteiger partial charge on any atom is 0.317 e. The minimum atomic E-state index is -0.564. The van der Waals surface area contributed by atoms with E-state index in [9.17, 15) is 15.0 Å². The topological polar surface area (TPSA) is 82.0 Å². The molecular formula is C18H28N2O4. The molecule has 0 bridgehead atoms. The van der Waals surface area contributed by atoms with Crippen molar-refractivity contribution in [2.45, 2.75) is 44.8 Å². The molecule has 2 amide bonds. The first-order valence-electron chi connectivity index (χ1n) is 8.38. The summed E-state index contributed by atoms with van der Waals surface area (Å²) in [5.74, 6) is 0.766. The van der Waals surface area contributed by atoms with Crippen molar-refractivity contribution in [1.29, 1.82) is 0 Å². The number of nitrogens with one attached hydrogen (secondary N) is 1. The van der Waals surface area contributed by atoms with E-state index in [1.807, 2.05) is 24.3 Å². The number of carbonyl (C=O) groups is 1. The molecule has 1 saturated heterocycles. The number of carbonyl (C=O) groups excluding carboxylic acids is 1. The number of aliphatic hydroxyl groups is 2. The second-order valence-electron chi connectivity index (χ2n) is 7.23. The molecule has 0 unspecified atom stereocenters. The lowest BCUT2D eigenvalue weighted by Gasteiger charge is -2.23. The van der Waals surface area contributed by atoms with Gasteiger partial charge in [-0.1, -0.05) is 32.9 Å². The summed E-state index contributed by atoms with van der Waals surface area (Å²) in [6, 6.07) is 7.36. The Morgan fingerprint density at radius 2 is 2.00 bits per heavy atom. The fraction of sp³-hybridized carbons (Fsp3) is 0.611. The zero-order valence-corrected chi connectivity index (χ0v) is 14.7. The van der Waals surface area contributed by atoms with Crippen molar-refractivity contribution in [2.75, 3.05) is 26.3 Å². The Morgan fingerprint density at radius 1 is 1.33 bits per heavy atom. The monoisotopic (exact) mass is 336 g/mol. The van der Waals surface area contributed by atoms with Crippen molar-refractivity contribution in [3.05, 3.63) is 29.8 Å². The van der Waals surface area contributed by atoms with E-state index < -0.39 is 6.10 Å². The van der Waals surface area contributed by atoms with Crippen molar-refractivity contribution < 1.29 is 19.7 Å². The van der Waals surface area contributed by atoms with Crippen LogP contribution in [0.25, 0.3) is 0 Å². The van der Waals surface area contributed by atoms with Crippen LogP contribution in [0.1, 0.15) is 32.8 Å². The van der Waals surface area contributed by atoms with E-state index in [4.69, 9.17) is 4.74 Å². The van der Waals surface area contributed by atoms with E-state index in [2.05, 4.69) is 26.1 Å². The smallest absolute Gasteiger partial charge is 0.317 e. The van der Waals surface area contributed by atoms with Gasteiger partial charge in [0.2, 0.25) is 0 Å². The van der Waals surface area contributed by atoms with E-state index in [0.29, 0.717) is 19.6 Å². The van der Waals surface area contributed by atoms with Crippen LogP contribution in [-0.4, -0.2) is 59.6 Å². The first kappa shape index (κ1) is 18.5. The second kappa shape index (κ2) is 7.85. The molecule has 1 aliphatic rings.